The van der Waals surface area contributed by atoms with Crippen molar-refractivity contribution in [2.24, 2.45) is 0 Å². The molecule has 0 atom stereocenters. The SMILES string of the molecule is Cc1nccn1-c1ncncc1Cl. The van der Waals surface area contributed by atoms with Crippen LogP contribution in [-0.2, 0) is 0 Å². The van der Waals surface area contributed by atoms with E-state index in [1.54, 1.807) is 12.4 Å². The van der Waals surface area contributed by atoms with Gasteiger partial charge in [0.05, 0.1) is 6.20 Å². The van der Waals surface area contributed by atoms with E-state index in [0.29, 0.717) is 10.8 Å². The molecule has 2 rings (SSSR count). The molecule has 0 aliphatic carbocycles. The predicted octanol–water partition coefficient (Wildman–Crippen LogP) is 1.62. The molecule has 0 spiro atoms. The van der Waals surface area contributed by atoms with Gasteiger partial charge >= 0.3 is 0 Å². The third kappa shape index (κ3) is 1.40. The number of halogens is 1. The Hall–Kier alpha value is -1.42. The van der Waals surface area contributed by atoms with E-state index in [0.717, 1.165) is 5.82 Å². The Morgan fingerprint density at radius 1 is 1.38 bits per heavy atom. The van der Waals surface area contributed by atoms with E-state index in [1.165, 1.54) is 6.33 Å². The van der Waals surface area contributed by atoms with Gasteiger partial charge in [0.2, 0.25) is 0 Å². The Kier molecular flexibility index (Phi) is 1.98. The number of nitrogens with zero attached hydrogens (tertiary/aromatic N) is 4. The monoisotopic (exact) mass is 194 g/mol. The molecule has 13 heavy (non-hydrogen) atoms. The fourth-order valence-electron chi connectivity index (χ4n) is 1.09. The van der Waals surface area contributed by atoms with Crippen LogP contribution in [0.4, 0.5) is 0 Å². The first-order valence-corrected chi connectivity index (χ1v) is 4.12. The number of rotatable bonds is 1. The quantitative estimate of drug-likeness (QED) is 0.693. The molecule has 0 fully saturated rings. The highest BCUT2D eigenvalue weighted by Crippen LogP contribution is 2.16. The lowest BCUT2D eigenvalue weighted by Gasteiger charge is -2.03. The number of hydrogen-bond donors (Lipinski definition) is 0. The third-order valence-corrected chi connectivity index (χ3v) is 1.97. The second kappa shape index (κ2) is 3.14. The number of imidazole rings is 1. The molecular formula is C8H7ClN4. The van der Waals surface area contributed by atoms with Crippen molar-refractivity contribution in [2.45, 2.75) is 6.92 Å². The fourth-order valence-corrected chi connectivity index (χ4v) is 1.28. The van der Waals surface area contributed by atoms with Gasteiger partial charge in [0.25, 0.3) is 0 Å². The van der Waals surface area contributed by atoms with E-state index in [4.69, 9.17) is 11.6 Å². The van der Waals surface area contributed by atoms with Crippen molar-refractivity contribution in [3.63, 3.8) is 0 Å². The zero-order valence-electron chi connectivity index (χ0n) is 6.98. The molecule has 0 aliphatic rings. The normalized spacial score (nSPS) is 10.3. The summed E-state index contributed by atoms with van der Waals surface area (Å²) in [6.45, 7) is 1.89. The average molecular weight is 195 g/mol. The molecule has 5 heteroatoms. The minimum absolute atomic E-state index is 0.517. The van der Waals surface area contributed by atoms with E-state index in [2.05, 4.69) is 15.0 Å². The lowest BCUT2D eigenvalue weighted by molar-refractivity contribution is 0.920. The van der Waals surface area contributed by atoms with Gasteiger partial charge in [-0.05, 0) is 6.92 Å². The summed E-state index contributed by atoms with van der Waals surface area (Å²) in [6, 6.07) is 0. The number of aromatic nitrogens is 4. The summed E-state index contributed by atoms with van der Waals surface area (Å²) in [5.41, 5.74) is 0. The van der Waals surface area contributed by atoms with Crippen molar-refractivity contribution in [1.29, 1.82) is 0 Å². The van der Waals surface area contributed by atoms with E-state index < -0.39 is 0 Å². The summed E-state index contributed by atoms with van der Waals surface area (Å²) in [7, 11) is 0. The van der Waals surface area contributed by atoms with Crippen LogP contribution in [0.25, 0.3) is 5.82 Å². The summed E-state index contributed by atoms with van der Waals surface area (Å²) in [5.74, 6) is 1.51. The highest BCUT2D eigenvalue weighted by Gasteiger charge is 2.05. The van der Waals surface area contributed by atoms with Gasteiger partial charge in [-0.3, -0.25) is 4.57 Å². The lowest BCUT2D eigenvalue weighted by atomic mass is 10.5. The van der Waals surface area contributed by atoms with Crippen molar-refractivity contribution < 1.29 is 0 Å². The molecule has 0 aliphatic heterocycles. The zero-order chi connectivity index (χ0) is 9.26. The predicted molar refractivity (Wildman–Crippen MR) is 48.9 cm³/mol. The Morgan fingerprint density at radius 3 is 2.85 bits per heavy atom. The lowest BCUT2D eigenvalue weighted by Crippen LogP contribution is -1.99. The molecular weight excluding hydrogens is 188 g/mol. The molecule has 2 aromatic heterocycles. The van der Waals surface area contributed by atoms with E-state index in [9.17, 15) is 0 Å². The van der Waals surface area contributed by atoms with Gasteiger partial charge in [0, 0.05) is 12.4 Å². The van der Waals surface area contributed by atoms with Gasteiger partial charge in [0.15, 0.2) is 5.82 Å². The number of hydrogen-bond acceptors (Lipinski definition) is 3. The molecule has 0 N–H and O–H groups in total. The van der Waals surface area contributed by atoms with Crippen LogP contribution in [0.15, 0.2) is 24.9 Å². The fraction of sp³-hybridized carbons (Fsp3) is 0.125. The molecule has 66 valence electrons. The van der Waals surface area contributed by atoms with Crippen LogP contribution in [0.3, 0.4) is 0 Å². The minimum atomic E-state index is 0.517. The first-order chi connectivity index (χ1) is 6.29. The van der Waals surface area contributed by atoms with Crippen molar-refractivity contribution >= 4 is 11.6 Å². The van der Waals surface area contributed by atoms with Gasteiger partial charge in [-0.15, -0.1) is 0 Å². The Labute approximate surface area is 80.2 Å². The molecule has 4 nitrogen and oxygen atoms in total. The molecule has 2 heterocycles. The minimum Gasteiger partial charge on any atom is -0.287 e. The van der Waals surface area contributed by atoms with Crippen LogP contribution in [0, 0.1) is 6.92 Å². The Balaban J connectivity index is 2.59. The molecule has 0 aromatic carbocycles. The van der Waals surface area contributed by atoms with Crippen LogP contribution in [-0.4, -0.2) is 19.5 Å². The maximum atomic E-state index is 5.91. The summed E-state index contributed by atoms with van der Waals surface area (Å²) in [6.07, 6.45) is 6.53. The number of aryl methyl sites for hydroxylation is 1. The molecule has 0 bridgehead atoms. The average Bonchev–Trinajstić information content (AvgIpc) is 2.52. The second-order valence-corrected chi connectivity index (χ2v) is 2.95. The second-order valence-electron chi connectivity index (χ2n) is 2.54. The van der Waals surface area contributed by atoms with Crippen molar-refractivity contribution in [3.05, 3.63) is 35.8 Å². The van der Waals surface area contributed by atoms with Gasteiger partial charge in [-0.25, -0.2) is 15.0 Å². The summed E-state index contributed by atoms with van der Waals surface area (Å²) in [5, 5.41) is 0.517. The topological polar surface area (TPSA) is 43.6 Å². The van der Waals surface area contributed by atoms with Crippen LogP contribution < -0.4 is 0 Å². The largest absolute Gasteiger partial charge is 0.287 e. The van der Waals surface area contributed by atoms with E-state index in [-0.39, 0.29) is 0 Å². The molecule has 0 saturated carbocycles. The summed E-state index contributed by atoms with van der Waals surface area (Å²) in [4.78, 5) is 11.9. The highest BCUT2D eigenvalue weighted by atomic mass is 35.5. The van der Waals surface area contributed by atoms with Gasteiger partial charge in [-0.1, -0.05) is 11.6 Å². The third-order valence-electron chi connectivity index (χ3n) is 1.70. The maximum absolute atomic E-state index is 5.91. The zero-order valence-corrected chi connectivity index (χ0v) is 7.73. The Bertz CT molecular complexity index is 424. The Morgan fingerprint density at radius 2 is 2.23 bits per heavy atom. The van der Waals surface area contributed by atoms with Gasteiger partial charge in [-0.2, -0.15) is 0 Å². The molecule has 2 aromatic rings. The summed E-state index contributed by atoms with van der Waals surface area (Å²) >= 11 is 5.91. The van der Waals surface area contributed by atoms with Crippen LogP contribution in [0.1, 0.15) is 5.82 Å². The highest BCUT2D eigenvalue weighted by molar-refractivity contribution is 6.32. The molecule has 0 unspecified atom stereocenters. The van der Waals surface area contributed by atoms with E-state index in [1.807, 2.05) is 17.7 Å². The first kappa shape index (κ1) is 8.19. The van der Waals surface area contributed by atoms with Crippen LogP contribution in [0.2, 0.25) is 5.02 Å². The van der Waals surface area contributed by atoms with Crippen LogP contribution in [0.5, 0.6) is 0 Å². The smallest absolute Gasteiger partial charge is 0.160 e. The van der Waals surface area contributed by atoms with Gasteiger partial charge < -0.3 is 0 Å². The van der Waals surface area contributed by atoms with E-state index >= 15 is 0 Å². The van der Waals surface area contributed by atoms with Gasteiger partial charge in [0.1, 0.15) is 17.2 Å². The summed E-state index contributed by atoms with van der Waals surface area (Å²) < 4.78 is 1.81. The van der Waals surface area contributed by atoms with Crippen molar-refractivity contribution in [2.75, 3.05) is 0 Å². The molecule has 0 saturated heterocycles. The first-order valence-electron chi connectivity index (χ1n) is 3.75. The van der Waals surface area contributed by atoms with Crippen LogP contribution >= 0.6 is 11.6 Å². The molecule has 0 radical (unpaired) electrons. The standard InChI is InChI=1S/C8H7ClN4/c1-6-11-2-3-13(6)8-7(9)4-10-5-12-8/h2-5H,1H3. The maximum Gasteiger partial charge on any atom is 0.160 e. The van der Waals surface area contributed by atoms with Crippen molar-refractivity contribution in [1.82, 2.24) is 19.5 Å². The molecule has 0 amide bonds. The van der Waals surface area contributed by atoms with Crippen molar-refractivity contribution in [3.8, 4) is 5.82 Å².